The van der Waals surface area contributed by atoms with Crippen LogP contribution in [-0.2, 0) is 10.2 Å². The Morgan fingerprint density at radius 3 is 2.59 bits per heavy atom. The molecule has 1 aromatic carbocycles. The van der Waals surface area contributed by atoms with Crippen molar-refractivity contribution in [1.82, 2.24) is 4.72 Å². The van der Waals surface area contributed by atoms with Gasteiger partial charge in [0, 0.05) is 6.54 Å². The van der Waals surface area contributed by atoms with Gasteiger partial charge in [0.05, 0.1) is 5.69 Å². The first-order valence-electron chi connectivity index (χ1n) is 5.38. The second-order valence-corrected chi connectivity index (χ2v) is 5.82. The smallest absolute Gasteiger partial charge is 0.299 e. The standard InChI is InChI=1S/C11H18N2O3S/c1-8(2)7-12-17(15,16)13-10-6-4-5-9(3)11(10)14/h4-6,8,12-14H,7H2,1-3H3. The summed E-state index contributed by atoms with van der Waals surface area (Å²) in [5.41, 5.74) is 0.801. The first kappa shape index (κ1) is 13.8. The minimum atomic E-state index is -3.63. The first-order valence-corrected chi connectivity index (χ1v) is 6.86. The predicted octanol–water partition coefficient (Wildman–Crippen LogP) is 1.60. The lowest BCUT2D eigenvalue weighted by atomic mass is 10.2. The van der Waals surface area contributed by atoms with E-state index in [0.717, 1.165) is 0 Å². The van der Waals surface area contributed by atoms with Gasteiger partial charge in [-0.15, -0.1) is 0 Å². The first-order chi connectivity index (χ1) is 7.82. The number of phenols is 1. The van der Waals surface area contributed by atoms with Crippen LogP contribution in [0, 0.1) is 12.8 Å². The van der Waals surface area contributed by atoms with Crippen molar-refractivity contribution in [3.05, 3.63) is 23.8 Å². The molecule has 0 fully saturated rings. The van der Waals surface area contributed by atoms with Crippen LogP contribution >= 0.6 is 0 Å². The summed E-state index contributed by atoms with van der Waals surface area (Å²) in [6.45, 7) is 5.87. The number of phenolic OH excluding ortho intramolecular Hbond substituents is 1. The molecule has 1 aromatic rings. The van der Waals surface area contributed by atoms with Crippen LogP contribution < -0.4 is 9.44 Å². The van der Waals surface area contributed by atoms with Gasteiger partial charge in [0.1, 0.15) is 5.75 Å². The Labute approximate surface area is 102 Å². The van der Waals surface area contributed by atoms with Gasteiger partial charge in [-0.1, -0.05) is 26.0 Å². The second kappa shape index (κ2) is 5.37. The third-order valence-electron chi connectivity index (χ3n) is 2.16. The number of hydrogen-bond donors (Lipinski definition) is 3. The quantitative estimate of drug-likeness (QED) is 0.702. The number of nitrogens with one attached hydrogen (secondary N) is 2. The lowest BCUT2D eigenvalue weighted by Gasteiger charge is -2.12. The monoisotopic (exact) mass is 258 g/mol. The van der Waals surface area contributed by atoms with Gasteiger partial charge in [0.25, 0.3) is 10.2 Å². The number of aryl methyl sites for hydroxylation is 1. The zero-order valence-corrected chi connectivity index (χ0v) is 11.0. The van der Waals surface area contributed by atoms with Crippen LogP contribution in [0.4, 0.5) is 5.69 Å². The van der Waals surface area contributed by atoms with Crippen LogP contribution in [0.1, 0.15) is 19.4 Å². The Kier molecular flexibility index (Phi) is 4.36. The Hall–Kier alpha value is -1.27. The number of benzene rings is 1. The van der Waals surface area contributed by atoms with E-state index < -0.39 is 10.2 Å². The van der Waals surface area contributed by atoms with Crippen molar-refractivity contribution in [1.29, 1.82) is 0 Å². The molecule has 0 spiro atoms. The number of hydrogen-bond acceptors (Lipinski definition) is 3. The van der Waals surface area contributed by atoms with Crippen molar-refractivity contribution in [2.75, 3.05) is 11.3 Å². The zero-order chi connectivity index (χ0) is 13.1. The summed E-state index contributed by atoms with van der Waals surface area (Å²) in [6, 6.07) is 4.89. The van der Waals surface area contributed by atoms with Crippen LogP contribution in [0.5, 0.6) is 5.75 Å². The highest BCUT2D eigenvalue weighted by Crippen LogP contribution is 2.26. The maximum absolute atomic E-state index is 11.6. The van der Waals surface area contributed by atoms with Gasteiger partial charge in [0.15, 0.2) is 0 Å². The Morgan fingerprint density at radius 2 is 2.00 bits per heavy atom. The van der Waals surface area contributed by atoms with E-state index >= 15 is 0 Å². The Balaban J connectivity index is 2.80. The molecular weight excluding hydrogens is 240 g/mol. The van der Waals surface area contributed by atoms with E-state index in [1.54, 1.807) is 19.1 Å². The number of anilines is 1. The molecule has 0 amide bonds. The van der Waals surface area contributed by atoms with Gasteiger partial charge in [-0.25, -0.2) is 0 Å². The summed E-state index contributed by atoms with van der Waals surface area (Å²) in [7, 11) is -3.63. The minimum absolute atomic E-state index is 0.0533. The average molecular weight is 258 g/mol. The van der Waals surface area contributed by atoms with Crippen LogP contribution in [0.2, 0.25) is 0 Å². The summed E-state index contributed by atoms with van der Waals surface area (Å²) in [4.78, 5) is 0. The molecule has 0 radical (unpaired) electrons. The summed E-state index contributed by atoms with van der Waals surface area (Å²) < 4.78 is 28.0. The van der Waals surface area contributed by atoms with Crippen LogP contribution in [0.3, 0.4) is 0 Å². The fraction of sp³-hybridized carbons (Fsp3) is 0.455. The van der Waals surface area contributed by atoms with Crippen molar-refractivity contribution in [2.24, 2.45) is 5.92 Å². The third kappa shape index (κ3) is 4.24. The Bertz CT molecular complexity index is 483. The van der Waals surface area contributed by atoms with E-state index in [-0.39, 0.29) is 17.4 Å². The highest BCUT2D eigenvalue weighted by molar-refractivity contribution is 7.90. The molecule has 0 aromatic heterocycles. The van der Waals surface area contributed by atoms with Gasteiger partial charge in [-0.2, -0.15) is 13.1 Å². The molecule has 0 aliphatic heterocycles. The van der Waals surface area contributed by atoms with Crippen LogP contribution in [-0.4, -0.2) is 20.1 Å². The van der Waals surface area contributed by atoms with Gasteiger partial charge < -0.3 is 5.11 Å². The van der Waals surface area contributed by atoms with E-state index in [4.69, 9.17) is 0 Å². The fourth-order valence-electron chi connectivity index (χ4n) is 1.20. The van der Waals surface area contributed by atoms with E-state index in [0.29, 0.717) is 12.1 Å². The van der Waals surface area contributed by atoms with E-state index in [1.165, 1.54) is 6.07 Å². The minimum Gasteiger partial charge on any atom is -0.505 e. The van der Waals surface area contributed by atoms with E-state index in [2.05, 4.69) is 9.44 Å². The normalized spacial score (nSPS) is 11.8. The molecule has 0 atom stereocenters. The molecule has 0 aliphatic rings. The molecule has 0 saturated heterocycles. The average Bonchev–Trinajstić information content (AvgIpc) is 2.22. The maximum atomic E-state index is 11.6. The van der Waals surface area contributed by atoms with Gasteiger partial charge in [-0.05, 0) is 24.5 Å². The molecule has 6 heteroatoms. The second-order valence-electron chi connectivity index (χ2n) is 4.32. The Morgan fingerprint density at radius 1 is 1.35 bits per heavy atom. The molecule has 0 unspecified atom stereocenters. The van der Waals surface area contributed by atoms with Gasteiger partial charge >= 0.3 is 0 Å². The van der Waals surface area contributed by atoms with Crippen molar-refractivity contribution < 1.29 is 13.5 Å². The molecule has 3 N–H and O–H groups in total. The van der Waals surface area contributed by atoms with Gasteiger partial charge in [-0.3, -0.25) is 4.72 Å². The van der Waals surface area contributed by atoms with Crippen LogP contribution in [0.25, 0.3) is 0 Å². The molecule has 1 rings (SSSR count). The van der Waals surface area contributed by atoms with E-state index in [9.17, 15) is 13.5 Å². The largest absolute Gasteiger partial charge is 0.505 e. The molecule has 0 heterocycles. The maximum Gasteiger partial charge on any atom is 0.299 e. The molecular formula is C11H18N2O3S. The van der Waals surface area contributed by atoms with Gasteiger partial charge in [0.2, 0.25) is 0 Å². The van der Waals surface area contributed by atoms with E-state index in [1.807, 2.05) is 13.8 Å². The molecule has 5 nitrogen and oxygen atoms in total. The SMILES string of the molecule is Cc1cccc(NS(=O)(=O)NCC(C)C)c1O. The molecule has 0 bridgehead atoms. The summed E-state index contributed by atoms with van der Waals surface area (Å²) in [6.07, 6.45) is 0. The summed E-state index contributed by atoms with van der Waals surface area (Å²) >= 11 is 0. The van der Waals surface area contributed by atoms with Crippen molar-refractivity contribution in [2.45, 2.75) is 20.8 Å². The number of rotatable bonds is 5. The third-order valence-corrected chi connectivity index (χ3v) is 3.20. The van der Waals surface area contributed by atoms with Crippen molar-refractivity contribution in [3.8, 4) is 5.75 Å². The molecule has 0 saturated carbocycles. The molecule has 0 aliphatic carbocycles. The lowest BCUT2D eigenvalue weighted by molar-refractivity contribution is 0.473. The van der Waals surface area contributed by atoms with Crippen molar-refractivity contribution in [3.63, 3.8) is 0 Å². The van der Waals surface area contributed by atoms with Crippen molar-refractivity contribution >= 4 is 15.9 Å². The summed E-state index contributed by atoms with van der Waals surface area (Å²) in [5, 5.41) is 9.68. The molecule has 96 valence electrons. The predicted molar refractivity (Wildman–Crippen MR) is 68.2 cm³/mol. The van der Waals surface area contributed by atoms with Crippen LogP contribution in [0.15, 0.2) is 18.2 Å². The lowest BCUT2D eigenvalue weighted by Crippen LogP contribution is -2.32. The fourth-order valence-corrected chi connectivity index (χ4v) is 2.28. The number of para-hydroxylation sites is 1. The topological polar surface area (TPSA) is 78.4 Å². The summed E-state index contributed by atoms with van der Waals surface area (Å²) in [5.74, 6) is 0.167. The molecule has 17 heavy (non-hydrogen) atoms. The zero-order valence-electron chi connectivity index (χ0n) is 10.2. The highest BCUT2D eigenvalue weighted by atomic mass is 32.2. The number of aromatic hydroxyl groups is 1. The highest BCUT2D eigenvalue weighted by Gasteiger charge is 2.13.